The van der Waals surface area contributed by atoms with Crippen LogP contribution < -0.4 is 16.6 Å². The third-order valence-corrected chi connectivity index (χ3v) is 2.51. The van der Waals surface area contributed by atoms with Crippen LogP contribution in [-0.2, 0) is 0 Å². The van der Waals surface area contributed by atoms with Crippen LogP contribution in [0.3, 0.4) is 0 Å². The van der Waals surface area contributed by atoms with Gasteiger partial charge in [0.05, 0.1) is 24.7 Å². The number of aliphatic hydroxyl groups is 3. The molecule has 1 aromatic heterocycles. The molecule has 0 fully saturated rings. The second-order valence-electron chi connectivity index (χ2n) is 3.85. The van der Waals surface area contributed by atoms with Crippen molar-refractivity contribution < 1.29 is 20.2 Å². The van der Waals surface area contributed by atoms with Crippen LogP contribution in [0.5, 0.6) is 0 Å². The predicted molar refractivity (Wildman–Crippen MR) is 66.3 cm³/mol. The summed E-state index contributed by atoms with van der Waals surface area (Å²) in [5, 5.41) is 40.8. The molecule has 0 radical (unpaired) electrons. The van der Waals surface area contributed by atoms with Crippen LogP contribution in [0.1, 0.15) is 0 Å². The zero-order chi connectivity index (χ0) is 14.5. The average molecular weight is 273 g/mol. The molecule has 0 bridgehead atoms. The van der Waals surface area contributed by atoms with E-state index in [4.69, 9.17) is 5.84 Å². The molecule has 1 heterocycles. The second kappa shape index (κ2) is 6.24. The number of hydrogen-bond acceptors (Lipinski definition) is 9. The molecule has 0 aliphatic carbocycles. The van der Waals surface area contributed by atoms with Gasteiger partial charge in [-0.1, -0.05) is 0 Å². The Balaban J connectivity index is 3.19. The van der Waals surface area contributed by atoms with Crippen molar-refractivity contribution >= 4 is 17.3 Å². The Hall–Kier alpha value is -2.01. The Labute approximate surface area is 108 Å². The van der Waals surface area contributed by atoms with E-state index < -0.39 is 30.3 Å². The van der Waals surface area contributed by atoms with Gasteiger partial charge in [-0.05, 0) is 6.07 Å². The number of aromatic nitrogens is 1. The van der Waals surface area contributed by atoms with Gasteiger partial charge >= 0.3 is 5.69 Å². The molecule has 1 aromatic rings. The molecule has 0 aliphatic rings. The third-order valence-electron chi connectivity index (χ3n) is 2.51. The molecule has 0 saturated heterocycles. The fraction of sp³-hybridized carbons (Fsp3) is 0.444. The van der Waals surface area contributed by atoms with E-state index in [2.05, 4.69) is 15.7 Å². The van der Waals surface area contributed by atoms with Gasteiger partial charge in [-0.25, -0.2) is 10.8 Å². The maximum Gasteiger partial charge on any atom is 0.311 e. The highest BCUT2D eigenvalue weighted by Crippen LogP contribution is 2.26. The van der Waals surface area contributed by atoms with E-state index in [1.165, 1.54) is 6.07 Å². The molecule has 106 valence electrons. The van der Waals surface area contributed by atoms with Gasteiger partial charge in [0, 0.05) is 6.07 Å². The van der Waals surface area contributed by atoms with Crippen LogP contribution in [0, 0.1) is 10.1 Å². The molecular weight excluding hydrogens is 258 g/mol. The van der Waals surface area contributed by atoms with E-state index in [0.717, 1.165) is 6.07 Å². The average Bonchev–Trinajstić information content (AvgIpc) is 2.44. The number of nitro groups is 1. The van der Waals surface area contributed by atoms with Crippen molar-refractivity contribution in [1.82, 2.24) is 4.98 Å². The van der Waals surface area contributed by atoms with Crippen LogP contribution in [0.2, 0.25) is 0 Å². The lowest BCUT2D eigenvalue weighted by Gasteiger charge is -2.29. The number of rotatable bonds is 7. The highest BCUT2D eigenvalue weighted by molar-refractivity contribution is 5.61. The Kier molecular flexibility index (Phi) is 4.94. The SMILES string of the molecule is NNc1ccc([N+](=O)[O-])c(NC(CO)(CO)CO)n1. The summed E-state index contributed by atoms with van der Waals surface area (Å²) in [6, 6.07) is 2.45. The summed E-state index contributed by atoms with van der Waals surface area (Å²) in [7, 11) is 0. The van der Waals surface area contributed by atoms with Crippen LogP contribution in [0.15, 0.2) is 12.1 Å². The highest BCUT2D eigenvalue weighted by atomic mass is 16.6. The first-order valence-electron chi connectivity index (χ1n) is 5.24. The molecule has 10 heteroatoms. The van der Waals surface area contributed by atoms with Crippen LogP contribution in [0.25, 0.3) is 0 Å². The largest absolute Gasteiger partial charge is 0.394 e. The van der Waals surface area contributed by atoms with Crippen molar-refractivity contribution in [2.75, 3.05) is 30.6 Å². The van der Waals surface area contributed by atoms with Crippen molar-refractivity contribution in [2.24, 2.45) is 5.84 Å². The fourth-order valence-electron chi connectivity index (χ4n) is 1.29. The Bertz CT molecular complexity index is 442. The Morgan fingerprint density at radius 3 is 2.32 bits per heavy atom. The summed E-state index contributed by atoms with van der Waals surface area (Å²) >= 11 is 0. The predicted octanol–water partition coefficient (Wildman–Crippen LogP) is -1.60. The number of hydrogen-bond donors (Lipinski definition) is 6. The van der Waals surface area contributed by atoms with Gasteiger partial charge in [0.1, 0.15) is 11.4 Å². The van der Waals surface area contributed by atoms with Gasteiger partial charge in [0.2, 0.25) is 5.82 Å². The molecule has 0 unspecified atom stereocenters. The van der Waals surface area contributed by atoms with Gasteiger partial charge in [0.25, 0.3) is 0 Å². The summed E-state index contributed by atoms with van der Waals surface area (Å²) in [6.07, 6.45) is 0. The minimum absolute atomic E-state index is 0.149. The number of anilines is 2. The molecule has 0 aliphatic heterocycles. The lowest BCUT2D eigenvalue weighted by Crippen LogP contribution is -2.49. The van der Waals surface area contributed by atoms with Crippen molar-refractivity contribution in [3.63, 3.8) is 0 Å². The second-order valence-corrected chi connectivity index (χ2v) is 3.85. The first kappa shape index (κ1) is 15.0. The molecule has 10 nitrogen and oxygen atoms in total. The molecule has 0 spiro atoms. The molecule has 0 saturated carbocycles. The van der Waals surface area contributed by atoms with Gasteiger partial charge in [0.15, 0.2) is 0 Å². The zero-order valence-corrected chi connectivity index (χ0v) is 9.91. The number of pyridine rings is 1. The minimum Gasteiger partial charge on any atom is -0.394 e. The van der Waals surface area contributed by atoms with Gasteiger partial charge in [-0.15, -0.1) is 0 Å². The first-order valence-corrected chi connectivity index (χ1v) is 5.24. The minimum atomic E-state index is -1.52. The standard InChI is InChI=1S/C9H15N5O5/c10-13-7-2-1-6(14(18)19)8(11-7)12-9(3-15,4-16)5-17/h1-2,15-17H,3-5,10H2,(H2,11,12,13). The number of nitrogens with two attached hydrogens (primary N) is 1. The van der Waals surface area contributed by atoms with Crippen LogP contribution in [0.4, 0.5) is 17.3 Å². The van der Waals surface area contributed by atoms with E-state index in [-0.39, 0.29) is 17.3 Å². The molecule has 0 aromatic carbocycles. The van der Waals surface area contributed by atoms with E-state index in [1.807, 2.05) is 0 Å². The quantitative estimate of drug-likeness (QED) is 0.195. The van der Waals surface area contributed by atoms with Crippen molar-refractivity contribution in [3.8, 4) is 0 Å². The molecular formula is C9H15N5O5. The van der Waals surface area contributed by atoms with Crippen molar-refractivity contribution in [1.29, 1.82) is 0 Å². The normalized spacial score (nSPS) is 11.2. The number of hydrazine groups is 1. The van der Waals surface area contributed by atoms with E-state index in [0.29, 0.717) is 0 Å². The zero-order valence-electron chi connectivity index (χ0n) is 9.91. The summed E-state index contributed by atoms with van der Waals surface area (Å²) in [5.41, 5.74) is 0.313. The van der Waals surface area contributed by atoms with Crippen LogP contribution >= 0.6 is 0 Å². The molecule has 19 heavy (non-hydrogen) atoms. The Morgan fingerprint density at radius 1 is 1.32 bits per heavy atom. The highest BCUT2D eigenvalue weighted by Gasteiger charge is 2.31. The number of nitrogen functional groups attached to an aromatic ring is 1. The Morgan fingerprint density at radius 2 is 1.89 bits per heavy atom. The maximum atomic E-state index is 10.9. The maximum absolute atomic E-state index is 10.9. The monoisotopic (exact) mass is 273 g/mol. The van der Waals surface area contributed by atoms with E-state index >= 15 is 0 Å². The molecule has 0 amide bonds. The number of nitrogens with one attached hydrogen (secondary N) is 2. The first-order chi connectivity index (χ1) is 9.01. The number of aliphatic hydroxyl groups excluding tert-OH is 3. The topological polar surface area (TPSA) is 167 Å². The van der Waals surface area contributed by atoms with Gasteiger partial charge in [-0.2, -0.15) is 0 Å². The van der Waals surface area contributed by atoms with E-state index in [1.54, 1.807) is 0 Å². The lowest BCUT2D eigenvalue weighted by atomic mass is 10.0. The van der Waals surface area contributed by atoms with Crippen LogP contribution in [-0.4, -0.2) is 50.6 Å². The number of nitrogens with zero attached hydrogens (tertiary/aromatic N) is 2. The van der Waals surface area contributed by atoms with Crippen molar-refractivity contribution in [2.45, 2.75) is 5.54 Å². The van der Waals surface area contributed by atoms with Gasteiger partial charge < -0.3 is 26.1 Å². The molecule has 7 N–H and O–H groups in total. The molecule has 0 atom stereocenters. The third kappa shape index (κ3) is 3.26. The van der Waals surface area contributed by atoms with Gasteiger partial charge in [-0.3, -0.25) is 10.1 Å². The summed E-state index contributed by atoms with van der Waals surface area (Å²) in [4.78, 5) is 14.0. The fourth-order valence-corrected chi connectivity index (χ4v) is 1.29. The lowest BCUT2D eigenvalue weighted by molar-refractivity contribution is -0.384. The summed E-state index contributed by atoms with van der Waals surface area (Å²) in [5.74, 6) is 5.07. The van der Waals surface area contributed by atoms with E-state index in [9.17, 15) is 25.4 Å². The summed E-state index contributed by atoms with van der Waals surface area (Å²) in [6.45, 7) is -1.92. The summed E-state index contributed by atoms with van der Waals surface area (Å²) < 4.78 is 0. The smallest absolute Gasteiger partial charge is 0.311 e. The van der Waals surface area contributed by atoms with Crippen molar-refractivity contribution in [3.05, 3.63) is 22.2 Å². The molecule has 1 rings (SSSR count).